The predicted octanol–water partition coefficient (Wildman–Crippen LogP) is 29.4. The van der Waals surface area contributed by atoms with Crippen molar-refractivity contribution < 1.29 is 13.7 Å². The van der Waals surface area contributed by atoms with Crippen molar-refractivity contribution in [3.8, 4) is 0 Å². The van der Waals surface area contributed by atoms with Gasteiger partial charge in [-0.05, 0) is 172 Å². The Bertz CT molecular complexity index is 8600. The molecule has 0 saturated heterocycles. The summed E-state index contributed by atoms with van der Waals surface area (Å²) >= 11 is 10.5. The minimum absolute atomic E-state index is 0.798. The van der Waals surface area contributed by atoms with Gasteiger partial charge in [0.25, 0.3) is 0 Å². The fourth-order valence-electron chi connectivity index (χ4n) is 18.8. The summed E-state index contributed by atoms with van der Waals surface area (Å²) in [5.41, 5.74) is 8.19. The van der Waals surface area contributed by atoms with Crippen molar-refractivity contribution in [3.63, 3.8) is 0 Å². The molecule has 4 aromatic heterocycles. The third-order valence-electron chi connectivity index (χ3n) is 24.9. The van der Waals surface area contributed by atoms with Gasteiger partial charge in [-0.15, -0.1) is 0 Å². The first-order chi connectivity index (χ1) is 64.6. The van der Waals surface area contributed by atoms with Crippen LogP contribution < -0.4 is 47.7 Å². The van der Waals surface area contributed by atoms with E-state index >= 15 is 4.57 Å². The standard InChI is InChI=1S/C39H25N2OP.C20H14ClP.2C20H14OP.C19H11BrN2/c42-43(37-21-9-13-26-11-1-3-15-29(26)37,38-22-10-14-27-12-2-4-16-30(27)38)28-23-24-34-36(25-28)41-35-20-8-7-18-32(35)31-17-5-6-19-33(31)39(41)40-34;3*21-22(19-13-5-9-15-7-1-3-11-17(15)19)20-14-6-10-16-8-2-4-12-18(16)20;20-12-9-10-16-18(11-12)22-17-8-4-3-6-14(17)13-5-1-2-7-15(13)19(22)21-16/h1-25H;3*1-14H;1-11H/q;;2*+1;. The van der Waals surface area contributed by atoms with E-state index in [2.05, 4.69) is 310 Å². The highest BCUT2D eigenvalue weighted by Crippen LogP contribution is 2.49. The van der Waals surface area contributed by atoms with E-state index in [1.165, 1.54) is 64.6 Å². The number of benzene rings is 22. The number of hydrogen-bond donors (Lipinski definition) is 0. The molecule has 0 N–H and O–H groups in total. The Kier molecular flexibility index (Phi) is 22.3. The minimum Gasteiger partial charge on any atom is -0.309 e. The molecule has 0 aliphatic heterocycles. The van der Waals surface area contributed by atoms with E-state index in [0.717, 1.165) is 151 Å². The number of nitrogens with zero attached hydrogens (tertiary/aromatic N) is 4. The Labute approximate surface area is 771 Å². The fourth-order valence-corrected chi connectivity index (χ4v) is 27.8. The number of imidazole rings is 2. The van der Waals surface area contributed by atoms with Crippen LogP contribution in [0.3, 0.4) is 0 Å². The average molecular weight is 1840 g/mol. The van der Waals surface area contributed by atoms with Crippen LogP contribution in [0, 0.1) is 0 Å². The molecule has 13 heteroatoms. The topological polar surface area (TPSA) is 85.8 Å². The van der Waals surface area contributed by atoms with Gasteiger partial charge in [0, 0.05) is 74.1 Å². The number of halogens is 2. The van der Waals surface area contributed by atoms with Gasteiger partial charge in [0.1, 0.15) is 11.3 Å². The monoisotopic (exact) mass is 1840 g/mol. The van der Waals surface area contributed by atoms with Crippen LogP contribution >= 0.6 is 57.2 Å². The number of aromatic nitrogens is 4. The third-order valence-corrected chi connectivity index (χ3v) is 34.6. The molecule has 0 atom stereocenters. The highest BCUT2D eigenvalue weighted by Gasteiger charge is 2.35. The Balaban J connectivity index is 0.0000000995. The lowest BCUT2D eigenvalue weighted by molar-refractivity contribution is 0.592. The first kappa shape index (κ1) is 82.2. The summed E-state index contributed by atoms with van der Waals surface area (Å²) in [5.74, 6) is 0. The highest BCUT2D eigenvalue weighted by atomic mass is 79.9. The van der Waals surface area contributed by atoms with Crippen molar-refractivity contribution in [2.75, 3.05) is 0 Å². The number of rotatable bonds is 9. The van der Waals surface area contributed by atoms with Crippen molar-refractivity contribution in [2.24, 2.45) is 0 Å². The molecule has 0 aliphatic carbocycles. The molecule has 22 aromatic carbocycles. The van der Waals surface area contributed by atoms with Crippen LogP contribution in [-0.4, -0.2) is 18.8 Å². The van der Waals surface area contributed by atoms with Gasteiger partial charge >= 0.3 is 15.6 Å². The van der Waals surface area contributed by atoms with E-state index in [1.54, 1.807) is 0 Å². The van der Waals surface area contributed by atoms with Crippen molar-refractivity contribution in [1.29, 1.82) is 0 Å². The van der Waals surface area contributed by atoms with Gasteiger partial charge in [0.05, 0.1) is 40.4 Å². The lowest BCUT2D eigenvalue weighted by Crippen LogP contribution is -2.26. The molecule has 4 heterocycles. The molecule has 0 bridgehead atoms. The normalized spacial score (nSPS) is 11.6. The highest BCUT2D eigenvalue weighted by molar-refractivity contribution is 9.10. The van der Waals surface area contributed by atoms with Gasteiger partial charge in [0.15, 0.2) is 7.14 Å². The zero-order chi connectivity index (χ0) is 88.0. The second-order valence-corrected chi connectivity index (χ2v) is 41.7. The summed E-state index contributed by atoms with van der Waals surface area (Å²) in [7, 11) is -7.51. The second kappa shape index (κ2) is 35.5. The Hall–Kier alpha value is -14.5. The van der Waals surface area contributed by atoms with E-state index in [4.69, 9.17) is 21.2 Å². The zero-order valence-electron chi connectivity index (χ0n) is 70.6. The SMILES string of the molecule is Brc1ccc2nc3c4ccccc4c4ccccc4n3c2c1.ClP(c1cccc2ccccc12)c1cccc2ccccc12.O=P(c1ccc2nc3c4ccccc4c4ccccc4n3c2c1)(c1cccc2ccccc12)c1cccc2ccccc12.O=[P+](c1cccc2ccccc12)c1cccc2ccccc12.O=[P+](c1cccc2ccccc12)c1cccc2ccccc12. The summed E-state index contributed by atoms with van der Waals surface area (Å²) in [6, 6.07) is 161. The summed E-state index contributed by atoms with van der Waals surface area (Å²) < 4.78 is 48.2. The number of para-hydroxylation sites is 2. The maximum absolute atomic E-state index is 16.2. The van der Waals surface area contributed by atoms with Crippen LogP contribution in [0.2, 0.25) is 0 Å². The molecule has 0 radical (unpaired) electrons. The van der Waals surface area contributed by atoms with Gasteiger partial charge in [0.2, 0.25) is 21.2 Å². The quantitative estimate of drug-likeness (QED) is 0.106. The Morgan fingerprint density at radius 1 is 0.244 bits per heavy atom. The lowest BCUT2D eigenvalue weighted by Gasteiger charge is -2.23. The van der Waals surface area contributed by atoms with E-state index in [9.17, 15) is 9.13 Å². The van der Waals surface area contributed by atoms with Gasteiger partial charge in [-0.2, -0.15) is 0 Å². The van der Waals surface area contributed by atoms with Crippen LogP contribution in [0.25, 0.3) is 163 Å². The third kappa shape index (κ3) is 15.1. The number of fused-ring (bicyclic) bond motifs is 24. The van der Waals surface area contributed by atoms with E-state index in [-0.39, 0.29) is 0 Å². The largest absolute Gasteiger partial charge is 0.416 e. The van der Waals surface area contributed by atoms with Crippen molar-refractivity contribution in [3.05, 3.63) is 478 Å². The molecule has 7 nitrogen and oxygen atoms in total. The molecule has 0 saturated carbocycles. The van der Waals surface area contributed by atoms with Gasteiger partial charge in [-0.25, -0.2) is 9.97 Å². The Morgan fingerprint density at radius 3 is 0.870 bits per heavy atom. The molecule has 26 rings (SSSR count). The van der Waals surface area contributed by atoms with Crippen molar-refractivity contribution in [1.82, 2.24) is 18.8 Å². The fraction of sp³-hybridized carbons (Fsp3) is 0. The van der Waals surface area contributed by atoms with Crippen LogP contribution in [0.5, 0.6) is 0 Å². The van der Waals surface area contributed by atoms with Crippen LogP contribution in [-0.2, 0) is 13.7 Å². The molecular weight excluding hydrogens is 1760 g/mol. The average Bonchev–Trinajstić information content (AvgIpc) is 1.69. The summed E-state index contributed by atoms with van der Waals surface area (Å²) in [6.45, 7) is 0. The molecule has 0 amide bonds. The van der Waals surface area contributed by atoms with Crippen LogP contribution in [0.4, 0.5) is 0 Å². The molecule has 620 valence electrons. The zero-order valence-corrected chi connectivity index (χ0v) is 76.5. The van der Waals surface area contributed by atoms with Crippen LogP contribution in [0.15, 0.2) is 478 Å². The molecule has 0 fully saturated rings. The summed E-state index contributed by atoms with van der Waals surface area (Å²) in [4.78, 5) is 10.0. The Morgan fingerprint density at radius 2 is 0.504 bits per heavy atom. The molecule has 26 aromatic rings. The molecule has 131 heavy (non-hydrogen) atoms. The second-order valence-electron chi connectivity index (χ2n) is 32.4. The van der Waals surface area contributed by atoms with Gasteiger partial charge in [-0.1, -0.05) is 412 Å². The molecule has 0 spiro atoms. The molecule has 0 aliphatic rings. The van der Waals surface area contributed by atoms with Crippen molar-refractivity contribution in [2.45, 2.75) is 0 Å². The van der Waals surface area contributed by atoms with Crippen molar-refractivity contribution >= 4 is 268 Å². The minimum atomic E-state index is -3.38. The number of pyridine rings is 2. The predicted molar refractivity (Wildman–Crippen MR) is 567 cm³/mol. The molecular formula is C118H78BrClN4O3P4+2. The molecule has 0 unspecified atom stereocenters. The first-order valence-electron chi connectivity index (χ1n) is 43.5. The van der Waals surface area contributed by atoms with E-state index in [0.29, 0.717) is 0 Å². The van der Waals surface area contributed by atoms with E-state index in [1.807, 2.05) is 188 Å². The summed E-state index contributed by atoms with van der Waals surface area (Å²) in [6.07, 6.45) is 0. The summed E-state index contributed by atoms with van der Waals surface area (Å²) in [5, 5.41) is 33.7. The smallest absolute Gasteiger partial charge is 0.309 e. The van der Waals surface area contributed by atoms with Gasteiger partial charge < -0.3 is 4.57 Å². The maximum atomic E-state index is 16.2. The van der Waals surface area contributed by atoms with Crippen LogP contribution in [0.1, 0.15) is 0 Å². The first-order valence-corrected chi connectivity index (χ1v) is 50.8. The van der Waals surface area contributed by atoms with Gasteiger partial charge in [-0.3, -0.25) is 8.80 Å². The van der Waals surface area contributed by atoms with E-state index < -0.39 is 30.0 Å². The maximum Gasteiger partial charge on any atom is 0.416 e. The lowest BCUT2D eigenvalue weighted by atomic mass is 10.1. The number of hydrogen-bond acceptors (Lipinski definition) is 5.